The summed E-state index contributed by atoms with van der Waals surface area (Å²) >= 11 is 1.45. The maximum absolute atomic E-state index is 13.0. The second kappa shape index (κ2) is 16.9. The largest absolute Gasteiger partial charge is 0.508 e. The van der Waals surface area contributed by atoms with Crippen LogP contribution in [0.3, 0.4) is 0 Å². The smallest absolute Gasteiger partial charge is 0.326 e. The van der Waals surface area contributed by atoms with E-state index >= 15 is 0 Å². The summed E-state index contributed by atoms with van der Waals surface area (Å²) in [7, 11) is 0. The van der Waals surface area contributed by atoms with Crippen molar-refractivity contribution in [2.24, 2.45) is 5.73 Å². The number of phenolic OH excluding ortho intramolecular Hbond substituents is 1. The van der Waals surface area contributed by atoms with Crippen molar-refractivity contribution in [2.75, 3.05) is 18.6 Å². The predicted molar refractivity (Wildman–Crippen MR) is 155 cm³/mol. The number of carbonyl (C=O) groups is 5. The number of aromatic hydroxyl groups is 1. The molecule has 222 valence electrons. The molecule has 0 aromatic heterocycles. The Morgan fingerprint density at radius 3 is 2.07 bits per heavy atom. The highest BCUT2D eigenvalue weighted by atomic mass is 32.2. The molecule has 0 radical (unpaired) electrons. The van der Waals surface area contributed by atoms with Crippen LogP contribution in [-0.2, 0) is 36.8 Å². The summed E-state index contributed by atoms with van der Waals surface area (Å²) in [4.78, 5) is 62.2. The predicted octanol–water partition coefficient (Wildman–Crippen LogP) is -0.0671. The number of phenols is 1. The van der Waals surface area contributed by atoms with Gasteiger partial charge in [-0.1, -0.05) is 42.5 Å². The molecule has 2 aromatic carbocycles. The zero-order chi connectivity index (χ0) is 30.4. The van der Waals surface area contributed by atoms with Crippen LogP contribution in [0, 0.1) is 0 Å². The van der Waals surface area contributed by atoms with Crippen LogP contribution in [0.5, 0.6) is 5.75 Å². The van der Waals surface area contributed by atoms with Crippen LogP contribution in [-0.4, -0.2) is 82.5 Å². The van der Waals surface area contributed by atoms with E-state index in [2.05, 4.69) is 21.3 Å². The van der Waals surface area contributed by atoms with Crippen LogP contribution in [0.2, 0.25) is 0 Å². The van der Waals surface area contributed by atoms with Gasteiger partial charge in [0.05, 0.1) is 12.6 Å². The lowest BCUT2D eigenvalue weighted by molar-refractivity contribution is -0.142. The molecule has 12 nitrogen and oxygen atoms in total. The number of carbonyl (C=O) groups excluding carboxylic acids is 4. The molecule has 0 spiro atoms. The lowest BCUT2D eigenvalue weighted by Crippen LogP contribution is -2.55. The van der Waals surface area contributed by atoms with Gasteiger partial charge in [0, 0.05) is 6.42 Å². The van der Waals surface area contributed by atoms with Crippen molar-refractivity contribution in [1.29, 1.82) is 0 Å². The summed E-state index contributed by atoms with van der Waals surface area (Å²) < 4.78 is 0. The molecule has 0 saturated carbocycles. The minimum Gasteiger partial charge on any atom is -0.508 e. The van der Waals surface area contributed by atoms with Crippen molar-refractivity contribution in [3.8, 4) is 5.75 Å². The first-order valence-corrected chi connectivity index (χ1v) is 14.4. The van der Waals surface area contributed by atoms with Crippen LogP contribution in [0.15, 0.2) is 54.6 Å². The molecule has 0 saturated heterocycles. The van der Waals surface area contributed by atoms with Crippen molar-refractivity contribution in [3.63, 3.8) is 0 Å². The van der Waals surface area contributed by atoms with E-state index in [1.807, 2.05) is 6.26 Å². The first kappa shape index (κ1) is 33.1. The highest BCUT2D eigenvalue weighted by molar-refractivity contribution is 7.98. The molecular formula is C28H37N5O7S. The third kappa shape index (κ3) is 11.9. The highest BCUT2D eigenvalue weighted by Gasteiger charge is 2.27. The minimum absolute atomic E-state index is 0.0868. The quantitative estimate of drug-likeness (QED) is 0.140. The normalized spacial score (nSPS) is 13.6. The van der Waals surface area contributed by atoms with Gasteiger partial charge in [0.25, 0.3) is 0 Å². The van der Waals surface area contributed by atoms with Crippen LogP contribution < -0.4 is 27.0 Å². The lowest BCUT2D eigenvalue weighted by atomic mass is 10.0. The second-order valence-corrected chi connectivity index (χ2v) is 10.4. The van der Waals surface area contributed by atoms with E-state index in [4.69, 9.17) is 5.73 Å². The standard InChI is InChI=1S/C28H37N5O7S/c1-17(31-26(37)21(29)14-19-8-10-20(34)11-9-19)25(36)30-16-24(35)32-23(15-18-6-4-3-5-7-18)27(38)33-22(28(39)40)12-13-41-2/h3-11,17,21-23,34H,12-16,29H2,1-2H3,(H,30,36)(H,31,37)(H,32,35)(H,33,38)(H,39,40)/t17-,21+,22+,23-/m1/s1. The molecule has 4 amide bonds. The fourth-order valence-electron chi connectivity index (χ4n) is 3.75. The van der Waals surface area contributed by atoms with Crippen LogP contribution in [0.1, 0.15) is 24.5 Å². The molecule has 0 heterocycles. The first-order valence-electron chi connectivity index (χ1n) is 13.0. The monoisotopic (exact) mass is 587 g/mol. The van der Waals surface area contributed by atoms with E-state index in [1.165, 1.54) is 30.8 Å². The summed E-state index contributed by atoms with van der Waals surface area (Å²) in [5, 5.41) is 28.8. The third-order valence-electron chi connectivity index (χ3n) is 6.06. The number of aliphatic carboxylic acids is 1. The van der Waals surface area contributed by atoms with Crippen molar-refractivity contribution >= 4 is 41.4 Å². The zero-order valence-corrected chi connectivity index (χ0v) is 23.8. The molecular weight excluding hydrogens is 550 g/mol. The SMILES string of the molecule is CSCC[C@H](NC(=O)[C@@H](Cc1ccccc1)NC(=O)CNC(=O)[C@@H](C)NC(=O)[C@@H](N)Cc1ccc(O)cc1)C(=O)O. The Hall–Kier alpha value is -4.10. The average molecular weight is 588 g/mol. The second-order valence-electron chi connectivity index (χ2n) is 9.42. The fraction of sp³-hybridized carbons (Fsp3) is 0.393. The average Bonchev–Trinajstić information content (AvgIpc) is 2.94. The molecule has 0 fully saturated rings. The number of hydrogen-bond acceptors (Lipinski definition) is 8. The third-order valence-corrected chi connectivity index (χ3v) is 6.71. The summed E-state index contributed by atoms with van der Waals surface area (Å²) in [6, 6.07) is 11.0. The summed E-state index contributed by atoms with van der Waals surface area (Å²) in [6.45, 7) is 0.955. The van der Waals surface area contributed by atoms with Gasteiger partial charge in [-0.05, 0) is 55.0 Å². The van der Waals surface area contributed by atoms with Gasteiger partial charge >= 0.3 is 5.97 Å². The van der Waals surface area contributed by atoms with E-state index in [1.54, 1.807) is 42.5 Å². The molecule has 2 aromatic rings. The maximum atomic E-state index is 13.0. The number of amides is 4. The summed E-state index contributed by atoms with van der Waals surface area (Å²) in [6.07, 6.45) is 2.33. The topological polar surface area (TPSA) is 200 Å². The number of nitrogens with one attached hydrogen (secondary N) is 4. The van der Waals surface area contributed by atoms with Gasteiger partial charge in [0.2, 0.25) is 23.6 Å². The van der Waals surface area contributed by atoms with Gasteiger partial charge in [-0.25, -0.2) is 4.79 Å². The van der Waals surface area contributed by atoms with Crippen molar-refractivity contribution in [1.82, 2.24) is 21.3 Å². The molecule has 8 N–H and O–H groups in total. The van der Waals surface area contributed by atoms with E-state index < -0.39 is 60.3 Å². The molecule has 0 aliphatic rings. The van der Waals surface area contributed by atoms with Gasteiger partial charge in [-0.3, -0.25) is 19.2 Å². The number of carboxylic acid groups (broad SMARTS) is 1. The van der Waals surface area contributed by atoms with Gasteiger partial charge in [-0.2, -0.15) is 11.8 Å². The van der Waals surface area contributed by atoms with Crippen LogP contribution in [0.4, 0.5) is 0 Å². The lowest BCUT2D eigenvalue weighted by Gasteiger charge is -2.22. The maximum Gasteiger partial charge on any atom is 0.326 e. The summed E-state index contributed by atoms with van der Waals surface area (Å²) in [5.74, 6) is -3.11. The number of hydrogen-bond donors (Lipinski definition) is 7. The minimum atomic E-state index is -1.18. The van der Waals surface area contributed by atoms with E-state index in [0.717, 1.165) is 11.1 Å². The molecule has 41 heavy (non-hydrogen) atoms. The van der Waals surface area contributed by atoms with E-state index in [9.17, 15) is 34.2 Å². The molecule has 0 unspecified atom stereocenters. The Morgan fingerprint density at radius 1 is 0.829 bits per heavy atom. The molecule has 4 atom stereocenters. The Kier molecular flexibility index (Phi) is 13.6. The summed E-state index contributed by atoms with van der Waals surface area (Å²) in [5.41, 5.74) is 7.41. The molecule has 13 heteroatoms. The van der Waals surface area contributed by atoms with Gasteiger partial charge in [-0.15, -0.1) is 0 Å². The van der Waals surface area contributed by atoms with Crippen molar-refractivity contribution in [2.45, 2.75) is 50.4 Å². The van der Waals surface area contributed by atoms with Crippen molar-refractivity contribution in [3.05, 3.63) is 65.7 Å². The molecule has 0 aliphatic carbocycles. The number of rotatable bonds is 16. The van der Waals surface area contributed by atoms with Crippen LogP contribution >= 0.6 is 11.8 Å². The Balaban J connectivity index is 1.93. The van der Waals surface area contributed by atoms with Gasteiger partial charge in [0.1, 0.15) is 23.9 Å². The Bertz CT molecular complexity index is 1180. The van der Waals surface area contributed by atoms with Crippen molar-refractivity contribution < 1.29 is 34.2 Å². The fourth-order valence-corrected chi connectivity index (χ4v) is 4.23. The molecule has 0 aliphatic heterocycles. The number of carboxylic acids is 1. The van der Waals surface area contributed by atoms with Crippen LogP contribution in [0.25, 0.3) is 0 Å². The number of nitrogens with two attached hydrogens (primary N) is 1. The number of benzene rings is 2. The van der Waals surface area contributed by atoms with Gasteiger partial charge in [0.15, 0.2) is 0 Å². The highest BCUT2D eigenvalue weighted by Crippen LogP contribution is 2.11. The van der Waals surface area contributed by atoms with E-state index in [-0.39, 0.29) is 25.0 Å². The molecule has 2 rings (SSSR count). The molecule has 0 bridgehead atoms. The Labute approximate surface area is 242 Å². The van der Waals surface area contributed by atoms with Gasteiger partial charge < -0.3 is 37.2 Å². The Morgan fingerprint density at radius 2 is 1.46 bits per heavy atom. The van der Waals surface area contributed by atoms with E-state index in [0.29, 0.717) is 5.75 Å². The number of thioether (sulfide) groups is 1. The zero-order valence-electron chi connectivity index (χ0n) is 23.0. The first-order chi connectivity index (χ1) is 19.5.